The van der Waals surface area contributed by atoms with Gasteiger partial charge in [0.25, 0.3) is 11.7 Å². The summed E-state index contributed by atoms with van der Waals surface area (Å²) in [5.74, 6) is 0.611. The van der Waals surface area contributed by atoms with Gasteiger partial charge in [-0.2, -0.15) is 0 Å². The van der Waals surface area contributed by atoms with Crippen LogP contribution < -0.4 is 10.0 Å². The number of nitrogens with one attached hydrogen (secondary N) is 2. The van der Waals surface area contributed by atoms with Gasteiger partial charge in [-0.05, 0) is 35.8 Å². The number of hydrogen-bond donors (Lipinski definition) is 3. The first-order valence-electron chi connectivity index (χ1n) is 7.84. The molecule has 122 valence electrons. The van der Waals surface area contributed by atoms with E-state index in [2.05, 4.69) is 33.8 Å². The number of aromatic amines is 1. The molecule has 0 bridgehead atoms. The zero-order chi connectivity index (χ0) is 16.9. The number of aromatic nitrogens is 2. The van der Waals surface area contributed by atoms with Crippen LogP contribution in [-0.4, -0.2) is 16.1 Å². The van der Waals surface area contributed by atoms with Gasteiger partial charge in [-0.1, -0.05) is 36.4 Å². The van der Waals surface area contributed by atoms with E-state index in [1.54, 1.807) is 11.6 Å². The molecule has 3 aromatic rings. The Morgan fingerprint density at radius 2 is 2.00 bits per heavy atom. The van der Waals surface area contributed by atoms with Gasteiger partial charge in [0.15, 0.2) is 11.0 Å². The highest BCUT2D eigenvalue weighted by atomic mass is 16.5. The molecule has 1 aromatic heterocycles. The van der Waals surface area contributed by atoms with Gasteiger partial charge in [-0.3, -0.25) is 10.0 Å². The average molecular weight is 322 g/mol. The number of aryl methyl sites for hydroxylation is 3. The van der Waals surface area contributed by atoms with Gasteiger partial charge in [-0.25, -0.2) is 15.0 Å². The average Bonchev–Trinajstić information content (AvgIpc) is 2.94. The Bertz CT molecular complexity index is 882. The summed E-state index contributed by atoms with van der Waals surface area (Å²) in [6.07, 6.45) is 4.87. The van der Waals surface area contributed by atoms with Crippen molar-refractivity contribution in [1.29, 1.82) is 0 Å². The molecule has 5 heteroatoms. The van der Waals surface area contributed by atoms with Crippen molar-refractivity contribution in [2.75, 3.05) is 0 Å². The van der Waals surface area contributed by atoms with E-state index in [0.29, 0.717) is 0 Å². The Morgan fingerprint density at radius 3 is 2.75 bits per heavy atom. The molecular formula is C19H20N3O2+. The van der Waals surface area contributed by atoms with Crippen LogP contribution in [0.15, 0.2) is 54.6 Å². The second kappa shape index (κ2) is 7.10. The van der Waals surface area contributed by atoms with Crippen LogP contribution in [0.4, 0.5) is 0 Å². The summed E-state index contributed by atoms with van der Waals surface area (Å²) < 4.78 is 2.14. The Kier molecular flexibility index (Phi) is 4.72. The SMILES string of the molecule is C[n+]1c(CCc2ccccc2)[nH]c2ccc(/C=C/C(=O)NO)cc21. The second-order valence-corrected chi connectivity index (χ2v) is 5.70. The van der Waals surface area contributed by atoms with Gasteiger partial charge in [0.2, 0.25) is 0 Å². The monoisotopic (exact) mass is 322 g/mol. The highest BCUT2D eigenvalue weighted by molar-refractivity contribution is 5.91. The van der Waals surface area contributed by atoms with Crippen LogP contribution in [0.1, 0.15) is 17.0 Å². The number of nitrogens with zero attached hydrogens (tertiary/aromatic N) is 1. The van der Waals surface area contributed by atoms with Crippen molar-refractivity contribution in [3.8, 4) is 0 Å². The first-order chi connectivity index (χ1) is 11.7. The van der Waals surface area contributed by atoms with Crippen LogP contribution in [0, 0.1) is 0 Å². The van der Waals surface area contributed by atoms with E-state index in [-0.39, 0.29) is 0 Å². The summed E-state index contributed by atoms with van der Waals surface area (Å²) in [7, 11) is 2.03. The molecule has 3 N–H and O–H groups in total. The van der Waals surface area contributed by atoms with Gasteiger partial charge < -0.3 is 0 Å². The number of rotatable bonds is 5. The summed E-state index contributed by atoms with van der Waals surface area (Å²) in [6, 6.07) is 16.4. The van der Waals surface area contributed by atoms with Crippen LogP contribution in [-0.2, 0) is 24.7 Å². The lowest BCUT2D eigenvalue weighted by Crippen LogP contribution is -2.32. The fourth-order valence-corrected chi connectivity index (χ4v) is 2.77. The van der Waals surface area contributed by atoms with Crippen LogP contribution >= 0.6 is 0 Å². The van der Waals surface area contributed by atoms with Gasteiger partial charge >= 0.3 is 0 Å². The maximum absolute atomic E-state index is 11.1. The number of hydrogen-bond acceptors (Lipinski definition) is 2. The number of carbonyl (C=O) groups is 1. The van der Waals surface area contributed by atoms with Gasteiger partial charge in [0.05, 0.1) is 13.5 Å². The summed E-state index contributed by atoms with van der Waals surface area (Å²) in [5.41, 5.74) is 5.93. The third kappa shape index (κ3) is 3.52. The topological polar surface area (TPSA) is 69.0 Å². The van der Waals surface area contributed by atoms with Gasteiger partial charge in [0, 0.05) is 6.08 Å². The fraction of sp³-hybridized carbons (Fsp3) is 0.158. The quantitative estimate of drug-likeness (QED) is 0.292. The van der Waals surface area contributed by atoms with Gasteiger partial charge in [0.1, 0.15) is 0 Å². The highest BCUT2D eigenvalue weighted by Crippen LogP contribution is 2.14. The third-order valence-corrected chi connectivity index (χ3v) is 4.10. The normalized spacial score (nSPS) is 11.2. The predicted molar refractivity (Wildman–Crippen MR) is 92.3 cm³/mol. The molecule has 0 radical (unpaired) electrons. The number of benzene rings is 2. The second-order valence-electron chi connectivity index (χ2n) is 5.70. The predicted octanol–water partition coefficient (Wildman–Crippen LogP) is 2.30. The fourth-order valence-electron chi connectivity index (χ4n) is 2.77. The van der Waals surface area contributed by atoms with Crippen LogP contribution in [0.3, 0.4) is 0 Å². The lowest BCUT2D eigenvalue weighted by atomic mass is 10.1. The molecule has 1 amide bonds. The van der Waals surface area contributed by atoms with Crippen molar-refractivity contribution in [3.63, 3.8) is 0 Å². The zero-order valence-electron chi connectivity index (χ0n) is 13.5. The van der Waals surface area contributed by atoms with Crippen molar-refractivity contribution < 1.29 is 14.6 Å². The molecule has 1 heterocycles. The molecule has 0 fully saturated rings. The molecular weight excluding hydrogens is 302 g/mol. The zero-order valence-corrected chi connectivity index (χ0v) is 13.5. The van der Waals surface area contributed by atoms with E-state index in [1.165, 1.54) is 11.6 Å². The number of H-pyrrole nitrogens is 1. The highest BCUT2D eigenvalue weighted by Gasteiger charge is 2.15. The van der Waals surface area contributed by atoms with Crippen molar-refractivity contribution in [2.45, 2.75) is 12.8 Å². The molecule has 0 unspecified atom stereocenters. The number of fused-ring (bicyclic) bond motifs is 1. The largest absolute Gasteiger partial charge is 0.288 e. The van der Waals surface area contributed by atoms with Crippen LogP contribution in [0.25, 0.3) is 17.1 Å². The maximum Gasteiger partial charge on any atom is 0.267 e. The van der Waals surface area contributed by atoms with Gasteiger partial charge in [-0.15, -0.1) is 0 Å². The summed E-state index contributed by atoms with van der Waals surface area (Å²) >= 11 is 0. The van der Waals surface area contributed by atoms with Crippen LogP contribution in [0.2, 0.25) is 0 Å². The van der Waals surface area contributed by atoms with Crippen molar-refractivity contribution in [1.82, 2.24) is 10.5 Å². The van der Waals surface area contributed by atoms with E-state index >= 15 is 0 Å². The summed E-state index contributed by atoms with van der Waals surface area (Å²) in [5, 5.41) is 8.53. The minimum absolute atomic E-state index is 0.544. The Labute approximate surface area is 140 Å². The van der Waals surface area contributed by atoms with E-state index in [4.69, 9.17) is 5.21 Å². The molecule has 0 atom stereocenters. The Morgan fingerprint density at radius 1 is 1.21 bits per heavy atom. The standard InChI is InChI=1S/C19H19N3O2/c1-22-17-13-15(9-12-19(23)21-24)7-10-16(17)20-18(22)11-8-14-5-3-2-4-6-14/h2-7,9-10,12-13H,8,11H2,1H3,(H2,21,23,24)/p+1/b12-9+. The number of carbonyl (C=O) groups excluding carboxylic acids is 1. The molecule has 5 nitrogen and oxygen atoms in total. The molecule has 0 aliphatic rings. The molecule has 0 saturated heterocycles. The first-order valence-corrected chi connectivity index (χ1v) is 7.84. The molecule has 24 heavy (non-hydrogen) atoms. The molecule has 3 rings (SSSR count). The molecule has 0 saturated carbocycles. The van der Waals surface area contributed by atoms with E-state index in [9.17, 15) is 4.79 Å². The Balaban J connectivity index is 1.82. The minimum atomic E-state index is -0.544. The molecule has 2 aromatic carbocycles. The van der Waals surface area contributed by atoms with Crippen molar-refractivity contribution >= 4 is 23.0 Å². The first kappa shape index (κ1) is 16.0. The number of amides is 1. The lowest BCUT2D eigenvalue weighted by Gasteiger charge is -1.98. The lowest BCUT2D eigenvalue weighted by molar-refractivity contribution is -0.652. The molecule has 0 aliphatic heterocycles. The summed E-state index contributed by atoms with van der Waals surface area (Å²) in [6.45, 7) is 0. The smallest absolute Gasteiger partial charge is 0.267 e. The molecule has 0 aliphatic carbocycles. The van der Waals surface area contributed by atoms with E-state index < -0.39 is 5.91 Å². The van der Waals surface area contributed by atoms with E-state index in [0.717, 1.165) is 35.3 Å². The number of imidazole rings is 1. The van der Waals surface area contributed by atoms with Crippen molar-refractivity contribution in [2.24, 2.45) is 7.05 Å². The van der Waals surface area contributed by atoms with Crippen LogP contribution in [0.5, 0.6) is 0 Å². The summed E-state index contributed by atoms with van der Waals surface area (Å²) in [4.78, 5) is 14.5. The molecule has 0 spiro atoms. The minimum Gasteiger partial charge on any atom is -0.288 e. The van der Waals surface area contributed by atoms with Crippen molar-refractivity contribution in [3.05, 3.63) is 71.6 Å². The third-order valence-electron chi connectivity index (χ3n) is 4.10. The number of hydroxylamine groups is 1. The maximum atomic E-state index is 11.1. The van der Waals surface area contributed by atoms with E-state index in [1.807, 2.05) is 31.3 Å². The Hall–Kier alpha value is -2.92.